The van der Waals surface area contributed by atoms with Gasteiger partial charge in [-0.25, -0.2) is 0 Å². The fourth-order valence-electron chi connectivity index (χ4n) is 2.96. The number of nitrogens with zero attached hydrogens (tertiary/aromatic N) is 1. The van der Waals surface area contributed by atoms with Gasteiger partial charge in [-0.3, -0.25) is 9.59 Å². The summed E-state index contributed by atoms with van der Waals surface area (Å²) in [7, 11) is 0. The van der Waals surface area contributed by atoms with E-state index in [9.17, 15) is 9.59 Å². The van der Waals surface area contributed by atoms with E-state index >= 15 is 0 Å². The molecule has 1 N–H and O–H groups in total. The first kappa shape index (κ1) is 17.0. The Kier molecular flexibility index (Phi) is 4.92. The van der Waals surface area contributed by atoms with Gasteiger partial charge in [0.2, 0.25) is 11.8 Å². The average Bonchev–Trinajstić information content (AvgIpc) is 2.90. The normalized spacial score (nSPS) is 12.9. The van der Waals surface area contributed by atoms with Crippen LogP contribution in [0.25, 0.3) is 0 Å². The summed E-state index contributed by atoms with van der Waals surface area (Å²) in [5.74, 6) is -0.172. The Hall–Kier alpha value is -1.85. The number of hydrogen-bond acceptors (Lipinski definition) is 2. The number of anilines is 2. The summed E-state index contributed by atoms with van der Waals surface area (Å²) < 4.78 is 0.883. The maximum Gasteiger partial charge on any atom is 0.231 e. The fourth-order valence-corrected chi connectivity index (χ4v) is 3.68. The molecule has 0 unspecified atom stereocenters. The molecule has 0 aliphatic carbocycles. The van der Waals surface area contributed by atoms with Crippen molar-refractivity contribution in [3.8, 4) is 0 Å². The molecule has 0 radical (unpaired) electrons. The van der Waals surface area contributed by atoms with Crippen LogP contribution in [0.1, 0.15) is 18.1 Å². The molecule has 0 fully saturated rings. The molecule has 0 saturated carbocycles. The third-order valence-corrected chi connectivity index (χ3v) is 4.58. The standard InChI is InChI=1S/C18H16BrClN2O2/c1-11(23)21-16-10-14(19)9-13-5-6-22(18(13)16)17(24)8-12-3-2-4-15(20)7-12/h2-4,7,9-10H,5-6,8H2,1H3,(H,21,23). The van der Waals surface area contributed by atoms with Gasteiger partial charge in [0.15, 0.2) is 0 Å². The number of fused-ring (bicyclic) bond motifs is 1. The van der Waals surface area contributed by atoms with Crippen molar-refractivity contribution in [1.82, 2.24) is 0 Å². The SMILES string of the molecule is CC(=O)Nc1cc(Br)cc2c1N(C(=O)Cc1cccc(Cl)c1)CC2. The number of rotatable bonds is 3. The van der Waals surface area contributed by atoms with Crippen molar-refractivity contribution in [3.63, 3.8) is 0 Å². The summed E-state index contributed by atoms with van der Waals surface area (Å²) in [5, 5.41) is 3.44. The van der Waals surface area contributed by atoms with Crippen molar-refractivity contribution in [1.29, 1.82) is 0 Å². The minimum atomic E-state index is -0.163. The highest BCUT2D eigenvalue weighted by atomic mass is 79.9. The van der Waals surface area contributed by atoms with Crippen LogP contribution in [0.15, 0.2) is 40.9 Å². The zero-order valence-corrected chi connectivity index (χ0v) is 15.4. The monoisotopic (exact) mass is 406 g/mol. The Bertz CT molecular complexity index is 823. The van der Waals surface area contributed by atoms with Crippen molar-refractivity contribution in [3.05, 3.63) is 57.0 Å². The highest BCUT2D eigenvalue weighted by Crippen LogP contribution is 2.38. The van der Waals surface area contributed by atoms with E-state index in [0.717, 1.165) is 27.7 Å². The molecule has 2 aromatic rings. The summed E-state index contributed by atoms with van der Waals surface area (Å²) in [6.07, 6.45) is 1.04. The molecule has 4 nitrogen and oxygen atoms in total. The second kappa shape index (κ2) is 6.95. The third-order valence-electron chi connectivity index (χ3n) is 3.88. The van der Waals surface area contributed by atoms with Gasteiger partial charge >= 0.3 is 0 Å². The second-order valence-electron chi connectivity index (χ2n) is 5.74. The first-order chi connectivity index (χ1) is 11.4. The second-order valence-corrected chi connectivity index (χ2v) is 7.10. The van der Waals surface area contributed by atoms with E-state index in [1.807, 2.05) is 24.3 Å². The Morgan fingerprint density at radius 3 is 2.79 bits per heavy atom. The molecule has 0 aromatic heterocycles. The van der Waals surface area contributed by atoms with Crippen molar-refractivity contribution in [2.45, 2.75) is 19.8 Å². The van der Waals surface area contributed by atoms with Gasteiger partial charge in [-0.15, -0.1) is 0 Å². The van der Waals surface area contributed by atoms with Crippen molar-refractivity contribution in [2.24, 2.45) is 0 Å². The number of carbonyl (C=O) groups excluding carboxylic acids is 2. The van der Waals surface area contributed by atoms with Gasteiger partial charge in [-0.2, -0.15) is 0 Å². The van der Waals surface area contributed by atoms with Crippen LogP contribution >= 0.6 is 27.5 Å². The lowest BCUT2D eigenvalue weighted by atomic mass is 10.1. The van der Waals surface area contributed by atoms with E-state index in [0.29, 0.717) is 17.3 Å². The molecule has 6 heteroatoms. The predicted molar refractivity (Wildman–Crippen MR) is 99.7 cm³/mol. The summed E-state index contributed by atoms with van der Waals surface area (Å²) in [4.78, 5) is 26.0. The largest absolute Gasteiger partial charge is 0.324 e. The molecule has 124 valence electrons. The van der Waals surface area contributed by atoms with Crippen LogP contribution in [0.5, 0.6) is 0 Å². The van der Waals surface area contributed by atoms with Crippen LogP contribution in [0.3, 0.4) is 0 Å². The Balaban J connectivity index is 1.90. The summed E-state index contributed by atoms with van der Waals surface area (Å²) >= 11 is 9.45. The Morgan fingerprint density at radius 2 is 2.08 bits per heavy atom. The van der Waals surface area contributed by atoms with Gasteiger partial charge in [0.25, 0.3) is 0 Å². The molecule has 2 aromatic carbocycles. The van der Waals surface area contributed by atoms with E-state index < -0.39 is 0 Å². The molecule has 2 amide bonds. The molecule has 3 rings (SSSR count). The summed E-state index contributed by atoms with van der Waals surface area (Å²) in [5.41, 5.74) is 3.37. The lowest BCUT2D eigenvalue weighted by molar-refractivity contribution is -0.118. The lowest BCUT2D eigenvalue weighted by Crippen LogP contribution is -2.31. The van der Waals surface area contributed by atoms with Gasteiger partial charge in [0.1, 0.15) is 0 Å². The number of nitrogens with one attached hydrogen (secondary N) is 1. The molecule has 0 bridgehead atoms. The topological polar surface area (TPSA) is 49.4 Å². The Morgan fingerprint density at radius 1 is 1.29 bits per heavy atom. The van der Waals surface area contributed by atoms with E-state index in [1.54, 1.807) is 17.0 Å². The first-order valence-corrected chi connectivity index (χ1v) is 8.76. The third kappa shape index (κ3) is 3.62. The van der Waals surface area contributed by atoms with Gasteiger partial charge < -0.3 is 10.2 Å². The summed E-state index contributed by atoms with van der Waals surface area (Å²) in [6.45, 7) is 2.07. The highest BCUT2D eigenvalue weighted by Gasteiger charge is 2.28. The van der Waals surface area contributed by atoms with Gasteiger partial charge in [0.05, 0.1) is 17.8 Å². The fraction of sp³-hybridized carbons (Fsp3) is 0.222. The molecular formula is C18H16BrClN2O2. The summed E-state index contributed by atoms with van der Waals surface area (Å²) in [6, 6.07) is 11.1. The number of benzene rings is 2. The maximum absolute atomic E-state index is 12.8. The van der Waals surface area contributed by atoms with Gasteiger partial charge in [0, 0.05) is 23.0 Å². The van der Waals surface area contributed by atoms with Crippen molar-refractivity contribution >= 4 is 50.7 Å². The molecule has 0 saturated heterocycles. The molecule has 24 heavy (non-hydrogen) atoms. The molecule has 1 aliphatic heterocycles. The smallest absolute Gasteiger partial charge is 0.231 e. The van der Waals surface area contributed by atoms with Crippen LogP contribution in [0.2, 0.25) is 5.02 Å². The molecule has 1 aliphatic rings. The number of carbonyl (C=O) groups is 2. The van der Waals surface area contributed by atoms with Crippen LogP contribution < -0.4 is 10.2 Å². The van der Waals surface area contributed by atoms with Crippen LogP contribution in [0, 0.1) is 0 Å². The van der Waals surface area contributed by atoms with Crippen molar-refractivity contribution in [2.75, 3.05) is 16.8 Å². The van der Waals surface area contributed by atoms with Crippen molar-refractivity contribution < 1.29 is 9.59 Å². The van der Waals surface area contributed by atoms with Crippen LogP contribution in [0.4, 0.5) is 11.4 Å². The van der Waals surface area contributed by atoms with E-state index in [1.165, 1.54) is 6.92 Å². The minimum Gasteiger partial charge on any atom is -0.324 e. The maximum atomic E-state index is 12.8. The predicted octanol–water partition coefficient (Wildman–Crippen LogP) is 4.19. The first-order valence-electron chi connectivity index (χ1n) is 7.59. The average molecular weight is 408 g/mol. The number of hydrogen-bond donors (Lipinski definition) is 1. The van der Waals surface area contributed by atoms with E-state index in [4.69, 9.17) is 11.6 Å². The molecular weight excluding hydrogens is 392 g/mol. The zero-order chi connectivity index (χ0) is 17.3. The highest BCUT2D eigenvalue weighted by molar-refractivity contribution is 9.10. The molecule has 1 heterocycles. The van der Waals surface area contributed by atoms with Gasteiger partial charge in [-0.05, 0) is 41.8 Å². The molecule has 0 atom stereocenters. The van der Waals surface area contributed by atoms with Crippen LogP contribution in [-0.4, -0.2) is 18.4 Å². The molecule has 0 spiro atoms. The number of halogens is 2. The minimum absolute atomic E-state index is 0.00931. The quantitative estimate of drug-likeness (QED) is 0.829. The van der Waals surface area contributed by atoms with E-state index in [2.05, 4.69) is 21.2 Å². The van der Waals surface area contributed by atoms with Gasteiger partial charge in [-0.1, -0.05) is 39.7 Å². The van der Waals surface area contributed by atoms with E-state index in [-0.39, 0.29) is 18.2 Å². The lowest BCUT2D eigenvalue weighted by Gasteiger charge is -2.21. The van der Waals surface area contributed by atoms with Crippen LogP contribution in [-0.2, 0) is 22.4 Å². The zero-order valence-electron chi connectivity index (χ0n) is 13.1. The number of amides is 2. The Labute approximate surface area is 153 Å².